The molecule has 6 heteroatoms. The SMILES string of the molecule is c1ccc(-n2c3ccccc3c3ccc(-c4ccc5oc6cccnc6c5c4)c(-c4cccc5c4c4ccccc4n5-c4ccc5oc6cccnc6c5c4)c32)cc1. The van der Waals surface area contributed by atoms with Crippen molar-refractivity contribution in [2.75, 3.05) is 0 Å². The molecule has 0 amide bonds. The lowest BCUT2D eigenvalue weighted by Gasteiger charge is -2.17. The maximum Gasteiger partial charge on any atom is 0.153 e. The van der Waals surface area contributed by atoms with Crippen molar-refractivity contribution in [3.8, 4) is 33.6 Å². The van der Waals surface area contributed by atoms with E-state index in [1.165, 1.54) is 21.5 Å². The summed E-state index contributed by atoms with van der Waals surface area (Å²) in [6.45, 7) is 0. The molecular formula is C52H30N4O2. The number of furan rings is 2. The molecular weight excluding hydrogens is 713 g/mol. The van der Waals surface area contributed by atoms with E-state index in [0.29, 0.717) is 0 Å². The normalized spacial score (nSPS) is 12.1. The van der Waals surface area contributed by atoms with Crippen LogP contribution >= 0.6 is 0 Å². The fourth-order valence-corrected chi connectivity index (χ4v) is 9.41. The van der Waals surface area contributed by atoms with Crippen molar-refractivity contribution in [3.05, 3.63) is 182 Å². The Labute approximate surface area is 330 Å². The van der Waals surface area contributed by atoms with Crippen LogP contribution in [0.3, 0.4) is 0 Å². The van der Waals surface area contributed by atoms with E-state index in [1.54, 1.807) is 0 Å². The second-order valence-electron chi connectivity index (χ2n) is 14.9. The number of hydrogen-bond donors (Lipinski definition) is 0. The van der Waals surface area contributed by atoms with Crippen molar-refractivity contribution >= 4 is 87.7 Å². The number of nitrogens with zero attached hydrogens (tertiary/aromatic N) is 4. The van der Waals surface area contributed by atoms with E-state index < -0.39 is 0 Å². The lowest BCUT2D eigenvalue weighted by molar-refractivity contribution is 0.667. The molecule has 6 aromatic heterocycles. The summed E-state index contributed by atoms with van der Waals surface area (Å²) in [5, 5.41) is 6.75. The van der Waals surface area contributed by atoms with Crippen LogP contribution in [0.15, 0.2) is 191 Å². The van der Waals surface area contributed by atoms with E-state index in [1.807, 2.05) is 36.7 Å². The highest BCUT2D eigenvalue weighted by Gasteiger charge is 2.25. The third-order valence-corrected chi connectivity index (χ3v) is 11.8. The van der Waals surface area contributed by atoms with E-state index in [2.05, 4.69) is 155 Å². The highest BCUT2D eigenvalue weighted by atomic mass is 16.3. The summed E-state index contributed by atoms with van der Waals surface area (Å²) in [5.74, 6) is 0. The fraction of sp³-hybridized carbons (Fsp3) is 0. The Hall–Kier alpha value is -7.96. The minimum Gasteiger partial charge on any atom is -0.454 e. The van der Waals surface area contributed by atoms with Gasteiger partial charge in [0.05, 0.1) is 22.1 Å². The molecule has 0 unspecified atom stereocenters. The van der Waals surface area contributed by atoms with Crippen LogP contribution in [0.25, 0.3) is 121 Å². The molecule has 0 bridgehead atoms. The van der Waals surface area contributed by atoms with Crippen LogP contribution in [0.4, 0.5) is 0 Å². The first-order valence-corrected chi connectivity index (χ1v) is 19.5. The maximum atomic E-state index is 6.26. The van der Waals surface area contributed by atoms with E-state index in [0.717, 1.165) is 99.8 Å². The fourth-order valence-electron chi connectivity index (χ4n) is 9.41. The van der Waals surface area contributed by atoms with Gasteiger partial charge in [-0.3, -0.25) is 9.97 Å². The molecule has 58 heavy (non-hydrogen) atoms. The van der Waals surface area contributed by atoms with Crippen molar-refractivity contribution in [1.29, 1.82) is 0 Å². The third-order valence-electron chi connectivity index (χ3n) is 11.8. The van der Waals surface area contributed by atoms with Gasteiger partial charge >= 0.3 is 0 Å². The molecule has 0 spiro atoms. The smallest absolute Gasteiger partial charge is 0.153 e. The minimum absolute atomic E-state index is 0.782. The van der Waals surface area contributed by atoms with Gasteiger partial charge in [-0.05, 0) is 102 Å². The molecule has 0 atom stereocenters. The number of pyridine rings is 2. The van der Waals surface area contributed by atoms with Crippen molar-refractivity contribution in [1.82, 2.24) is 19.1 Å². The zero-order chi connectivity index (χ0) is 37.9. The van der Waals surface area contributed by atoms with Gasteiger partial charge in [0.1, 0.15) is 22.2 Å². The molecule has 0 N–H and O–H groups in total. The molecule has 6 heterocycles. The number of benzene rings is 7. The lowest BCUT2D eigenvalue weighted by Crippen LogP contribution is -1.97. The van der Waals surface area contributed by atoms with E-state index >= 15 is 0 Å². The molecule has 6 nitrogen and oxygen atoms in total. The van der Waals surface area contributed by atoms with Gasteiger partial charge in [0.15, 0.2) is 11.2 Å². The summed E-state index contributed by atoms with van der Waals surface area (Å²) < 4.78 is 17.3. The zero-order valence-corrected chi connectivity index (χ0v) is 30.9. The van der Waals surface area contributed by atoms with Crippen molar-refractivity contribution in [2.45, 2.75) is 0 Å². The topological polar surface area (TPSA) is 61.9 Å². The van der Waals surface area contributed by atoms with Crippen LogP contribution in [-0.4, -0.2) is 19.1 Å². The molecule has 0 aliphatic carbocycles. The zero-order valence-electron chi connectivity index (χ0n) is 30.9. The van der Waals surface area contributed by atoms with E-state index in [-0.39, 0.29) is 0 Å². The van der Waals surface area contributed by atoms with Gasteiger partial charge in [-0.2, -0.15) is 0 Å². The second kappa shape index (κ2) is 11.8. The predicted molar refractivity (Wildman–Crippen MR) is 236 cm³/mol. The summed E-state index contributed by atoms with van der Waals surface area (Å²) in [5.41, 5.74) is 16.2. The average molecular weight is 743 g/mol. The minimum atomic E-state index is 0.782. The predicted octanol–water partition coefficient (Wildman–Crippen LogP) is 13.8. The van der Waals surface area contributed by atoms with Crippen molar-refractivity contribution in [2.24, 2.45) is 0 Å². The highest BCUT2D eigenvalue weighted by molar-refractivity contribution is 6.23. The van der Waals surface area contributed by atoms with Crippen LogP contribution < -0.4 is 0 Å². The molecule has 13 aromatic rings. The molecule has 13 rings (SSSR count). The Kier molecular flexibility index (Phi) is 6.35. The molecule has 0 aliphatic heterocycles. The number of para-hydroxylation sites is 3. The Morgan fingerprint density at radius 3 is 1.81 bits per heavy atom. The Morgan fingerprint density at radius 1 is 0.379 bits per heavy atom. The van der Waals surface area contributed by atoms with Crippen LogP contribution in [0.5, 0.6) is 0 Å². The van der Waals surface area contributed by atoms with Gasteiger partial charge < -0.3 is 18.0 Å². The van der Waals surface area contributed by atoms with Crippen molar-refractivity contribution in [3.63, 3.8) is 0 Å². The van der Waals surface area contributed by atoms with Crippen LogP contribution in [0.1, 0.15) is 0 Å². The standard InChI is InChI=1S/C52H30N4O2/c1-2-11-32(12-3-1)56-41-16-6-4-13-35(41)36-24-23-34(31-21-25-44-39(29-31)50-46(57-44)19-9-27-53-50)49(52(36)56)38-15-8-18-43-48(38)37-14-5-7-17-42(37)55(43)33-22-26-45-40(30-33)51-47(58-45)20-10-28-54-51/h1-30H. The molecule has 0 saturated heterocycles. The molecule has 0 saturated carbocycles. The third kappa shape index (κ3) is 4.31. The van der Waals surface area contributed by atoms with Crippen LogP contribution in [0, 0.1) is 0 Å². The van der Waals surface area contributed by atoms with Gasteiger partial charge in [-0.1, -0.05) is 84.9 Å². The monoisotopic (exact) mass is 742 g/mol. The van der Waals surface area contributed by atoms with Gasteiger partial charge in [-0.15, -0.1) is 0 Å². The molecule has 0 aliphatic rings. The molecule has 0 fully saturated rings. The number of hydrogen-bond acceptors (Lipinski definition) is 4. The summed E-state index contributed by atoms with van der Waals surface area (Å²) in [6, 6.07) is 60.3. The summed E-state index contributed by atoms with van der Waals surface area (Å²) in [4.78, 5) is 9.45. The molecule has 7 aromatic carbocycles. The first-order chi connectivity index (χ1) is 28.8. The Bertz CT molecular complexity index is 3810. The first kappa shape index (κ1) is 31.3. The highest BCUT2D eigenvalue weighted by Crippen LogP contribution is 2.48. The maximum absolute atomic E-state index is 6.26. The van der Waals surface area contributed by atoms with Gasteiger partial charge in [0.2, 0.25) is 0 Å². The van der Waals surface area contributed by atoms with Gasteiger partial charge in [0, 0.05) is 61.6 Å². The number of rotatable bonds is 4. The quantitative estimate of drug-likeness (QED) is 0.180. The average Bonchev–Trinajstić information content (AvgIpc) is 4.03. The lowest BCUT2D eigenvalue weighted by atomic mass is 9.89. The van der Waals surface area contributed by atoms with E-state index in [4.69, 9.17) is 18.8 Å². The number of fused-ring (bicyclic) bond motifs is 12. The Morgan fingerprint density at radius 2 is 1.03 bits per heavy atom. The summed E-state index contributed by atoms with van der Waals surface area (Å²) in [7, 11) is 0. The van der Waals surface area contributed by atoms with Crippen molar-refractivity contribution < 1.29 is 8.83 Å². The van der Waals surface area contributed by atoms with Crippen LogP contribution in [0.2, 0.25) is 0 Å². The first-order valence-electron chi connectivity index (χ1n) is 19.5. The van der Waals surface area contributed by atoms with Crippen LogP contribution in [-0.2, 0) is 0 Å². The number of aromatic nitrogens is 4. The van der Waals surface area contributed by atoms with Gasteiger partial charge in [0.25, 0.3) is 0 Å². The molecule has 0 radical (unpaired) electrons. The molecule has 270 valence electrons. The van der Waals surface area contributed by atoms with Gasteiger partial charge in [-0.25, -0.2) is 0 Å². The summed E-state index contributed by atoms with van der Waals surface area (Å²) in [6.07, 6.45) is 3.66. The van der Waals surface area contributed by atoms with E-state index in [9.17, 15) is 0 Å². The largest absolute Gasteiger partial charge is 0.454 e. The summed E-state index contributed by atoms with van der Waals surface area (Å²) >= 11 is 0. The Balaban J connectivity index is 1.18. The second-order valence-corrected chi connectivity index (χ2v) is 14.9.